The van der Waals surface area contributed by atoms with Crippen LogP contribution < -0.4 is 4.74 Å². The summed E-state index contributed by atoms with van der Waals surface area (Å²) in [5, 5.41) is 1.05. The highest BCUT2D eigenvalue weighted by molar-refractivity contribution is 5.82. The Hall–Kier alpha value is -2.43. The van der Waals surface area contributed by atoms with Gasteiger partial charge in [0.2, 0.25) is 0 Å². The van der Waals surface area contributed by atoms with E-state index in [0.717, 1.165) is 28.6 Å². The third-order valence-corrected chi connectivity index (χ3v) is 3.25. The average molecular weight is 291 g/mol. The summed E-state index contributed by atoms with van der Waals surface area (Å²) in [7, 11) is 0. The van der Waals surface area contributed by atoms with Gasteiger partial charge in [-0.25, -0.2) is 0 Å². The monoisotopic (exact) mass is 291 g/mol. The van der Waals surface area contributed by atoms with Gasteiger partial charge in [-0.1, -0.05) is 18.2 Å². The van der Waals surface area contributed by atoms with E-state index in [1.165, 1.54) is 12.1 Å². The first-order valence-electron chi connectivity index (χ1n) is 6.39. The summed E-state index contributed by atoms with van der Waals surface area (Å²) >= 11 is 0. The van der Waals surface area contributed by atoms with E-state index in [1.54, 1.807) is 0 Å². The number of para-hydroxylation sites is 1. The summed E-state index contributed by atoms with van der Waals surface area (Å²) in [4.78, 5) is 3.12. The van der Waals surface area contributed by atoms with Gasteiger partial charge in [-0.15, -0.1) is 0 Å². The van der Waals surface area contributed by atoms with Crippen LogP contribution in [-0.2, 0) is 12.8 Å². The van der Waals surface area contributed by atoms with E-state index in [0.29, 0.717) is 12.4 Å². The fourth-order valence-electron chi connectivity index (χ4n) is 2.15. The number of nitrogens with one attached hydrogen (secondary N) is 1. The van der Waals surface area contributed by atoms with E-state index in [2.05, 4.69) is 4.98 Å². The van der Waals surface area contributed by atoms with Gasteiger partial charge in [0.05, 0.1) is 5.56 Å². The molecular formula is C16H12F3NO. The molecule has 1 aromatic heterocycles. The summed E-state index contributed by atoms with van der Waals surface area (Å²) in [6.45, 7) is 0.301. The first kappa shape index (κ1) is 13.5. The molecule has 0 spiro atoms. The molecule has 0 saturated carbocycles. The molecule has 0 amide bonds. The van der Waals surface area contributed by atoms with E-state index in [1.807, 2.05) is 30.5 Å². The van der Waals surface area contributed by atoms with Crippen molar-refractivity contribution in [2.45, 2.75) is 12.8 Å². The summed E-state index contributed by atoms with van der Waals surface area (Å²) in [6.07, 6.45) is -2.48. The predicted octanol–water partition coefficient (Wildman–Crippen LogP) is 4.77. The van der Waals surface area contributed by atoms with Crippen LogP contribution in [0.4, 0.5) is 13.2 Å². The van der Waals surface area contributed by atoms with Crippen molar-refractivity contribution in [2.24, 2.45) is 0 Å². The topological polar surface area (TPSA) is 25.0 Å². The van der Waals surface area contributed by atoms with Crippen LogP contribution in [0, 0.1) is 0 Å². The molecule has 5 heteroatoms. The zero-order valence-corrected chi connectivity index (χ0v) is 10.9. The number of alkyl halides is 3. The second kappa shape index (κ2) is 5.16. The van der Waals surface area contributed by atoms with E-state index >= 15 is 0 Å². The third-order valence-electron chi connectivity index (χ3n) is 3.25. The lowest BCUT2D eigenvalue weighted by atomic mass is 10.2. The van der Waals surface area contributed by atoms with Crippen molar-refractivity contribution < 1.29 is 17.9 Å². The van der Waals surface area contributed by atoms with E-state index < -0.39 is 11.7 Å². The Morgan fingerprint density at radius 2 is 1.67 bits per heavy atom. The van der Waals surface area contributed by atoms with Crippen LogP contribution in [0.3, 0.4) is 0 Å². The Labute approximate surface area is 119 Å². The Bertz CT molecular complexity index is 744. The first-order chi connectivity index (χ1) is 10.0. The molecule has 2 aromatic carbocycles. The van der Waals surface area contributed by atoms with Gasteiger partial charge in [0.15, 0.2) is 0 Å². The molecule has 1 heterocycles. The molecule has 21 heavy (non-hydrogen) atoms. The zero-order valence-electron chi connectivity index (χ0n) is 10.9. The number of halogens is 3. The van der Waals surface area contributed by atoms with Crippen molar-refractivity contribution in [2.75, 3.05) is 0 Å². The number of hydrogen-bond donors (Lipinski definition) is 1. The van der Waals surface area contributed by atoms with Crippen LogP contribution in [0.15, 0.2) is 54.7 Å². The Kier molecular flexibility index (Phi) is 3.33. The molecule has 0 aliphatic carbocycles. The highest BCUT2D eigenvalue weighted by Gasteiger charge is 2.29. The highest BCUT2D eigenvalue weighted by atomic mass is 19.4. The maximum Gasteiger partial charge on any atom is 0.416 e. The van der Waals surface area contributed by atoms with Crippen molar-refractivity contribution in [3.8, 4) is 5.75 Å². The Morgan fingerprint density at radius 1 is 0.952 bits per heavy atom. The predicted molar refractivity (Wildman–Crippen MR) is 74.1 cm³/mol. The molecule has 0 unspecified atom stereocenters. The first-order valence-corrected chi connectivity index (χ1v) is 6.39. The lowest BCUT2D eigenvalue weighted by Crippen LogP contribution is -2.04. The molecule has 0 aliphatic rings. The number of ether oxygens (including phenoxy) is 1. The van der Waals surface area contributed by atoms with Gasteiger partial charge in [0.25, 0.3) is 0 Å². The molecule has 0 saturated heterocycles. The average Bonchev–Trinajstić information content (AvgIpc) is 2.88. The molecule has 0 bridgehead atoms. The minimum absolute atomic E-state index is 0.301. The molecule has 1 N–H and O–H groups in total. The van der Waals surface area contributed by atoms with Crippen molar-refractivity contribution in [1.29, 1.82) is 0 Å². The molecule has 0 radical (unpaired) electrons. The summed E-state index contributed by atoms with van der Waals surface area (Å²) in [5.74, 6) is 0.410. The van der Waals surface area contributed by atoms with E-state index in [9.17, 15) is 13.2 Å². The Balaban J connectivity index is 1.73. The standard InChI is InChI=1S/C16H12F3NO/c17-16(18,19)12-5-7-13(8-6-12)21-10-11-9-20-15-4-2-1-3-14(11)15/h1-9,20H,10H2. The number of aromatic amines is 1. The Morgan fingerprint density at radius 3 is 2.38 bits per heavy atom. The summed E-state index contributed by atoms with van der Waals surface area (Å²) < 4.78 is 42.9. The fraction of sp³-hybridized carbons (Fsp3) is 0.125. The molecule has 3 rings (SSSR count). The van der Waals surface area contributed by atoms with Crippen LogP contribution in [0.1, 0.15) is 11.1 Å². The summed E-state index contributed by atoms with van der Waals surface area (Å²) in [6, 6.07) is 12.5. The quantitative estimate of drug-likeness (QED) is 0.739. The minimum atomic E-state index is -4.32. The number of hydrogen-bond acceptors (Lipinski definition) is 1. The fourth-order valence-corrected chi connectivity index (χ4v) is 2.15. The van der Waals surface area contributed by atoms with Crippen LogP contribution in [0.25, 0.3) is 10.9 Å². The largest absolute Gasteiger partial charge is 0.489 e. The maximum absolute atomic E-state index is 12.5. The number of H-pyrrole nitrogens is 1. The van der Waals surface area contributed by atoms with E-state index in [4.69, 9.17) is 4.74 Å². The minimum Gasteiger partial charge on any atom is -0.489 e. The van der Waals surface area contributed by atoms with E-state index in [-0.39, 0.29) is 0 Å². The maximum atomic E-state index is 12.5. The van der Waals surface area contributed by atoms with Crippen molar-refractivity contribution in [3.63, 3.8) is 0 Å². The molecule has 3 aromatic rings. The molecule has 0 atom stereocenters. The molecule has 108 valence electrons. The van der Waals surface area contributed by atoms with Crippen LogP contribution in [-0.4, -0.2) is 4.98 Å². The highest BCUT2D eigenvalue weighted by Crippen LogP contribution is 2.30. The number of aromatic nitrogens is 1. The SMILES string of the molecule is FC(F)(F)c1ccc(OCc2c[nH]c3ccccc23)cc1. The molecule has 2 nitrogen and oxygen atoms in total. The number of fused-ring (bicyclic) bond motifs is 1. The third kappa shape index (κ3) is 2.86. The second-order valence-corrected chi connectivity index (χ2v) is 4.67. The van der Waals surface area contributed by atoms with Gasteiger partial charge >= 0.3 is 6.18 Å². The smallest absolute Gasteiger partial charge is 0.416 e. The lowest BCUT2D eigenvalue weighted by molar-refractivity contribution is -0.137. The molecule has 0 fully saturated rings. The number of rotatable bonds is 3. The summed E-state index contributed by atoms with van der Waals surface area (Å²) in [5.41, 5.74) is 1.29. The van der Waals surface area contributed by atoms with Crippen LogP contribution in [0.2, 0.25) is 0 Å². The second-order valence-electron chi connectivity index (χ2n) is 4.67. The van der Waals surface area contributed by atoms with Gasteiger partial charge < -0.3 is 9.72 Å². The van der Waals surface area contributed by atoms with Crippen molar-refractivity contribution in [3.05, 3.63) is 65.9 Å². The number of benzene rings is 2. The van der Waals surface area contributed by atoms with Gasteiger partial charge in [-0.05, 0) is 30.3 Å². The van der Waals surface area contributed by atoms with Gasteiger partial charge in [-0.3, -0.25) is 0 Å². The molecular weight excluding hydrogens is 279 g/mol. The van der Waals surface area contributed by atoms with Gasteiger partial charge in [-0.2, -0.15) is 13.2 Å². The zero-order chi connectivity index (χ0) is 14.9. The molecule has 0 aliphatic heterocycles. The van der Waals surface area contributed by atoms with Gasteiger partial charge in [0, 0.05) is 22.7 Å². The van der Waals surface area contributed by atoms with Crippen molar-refractivity contribution >= 4 is 10.9 Å². The van der Waals surface area contributed by atoms with Crippen LogP contribution in [0.5, 0.6) is 5.75 Å². The van der Waals surface area contributed by atoms with Gasteiger partial charge in [0.1, 0.15) is 12.4 Å². The van der Waals surface area contributed by atoms with Crippen molar-refractivity contribution in [1.82, 2.24) is 4.98 Å². The van der Waals surface area contributed by atoms with Crippen LogP contribution >= 0.6 is 0 Å². The lowest BCUT2D eigenvalue weighted by Gasteiger charge is -2.09. The normalized spacial score (nSPS) is 11.8.